The number of benzene rings is 2. The molecule has 220 valence electrons. The van der Waals surface area contributed by atoms with E-state index >= 15 is 0 Å². The summed E-state index contributed by atoms with van der Waals surface area (Å²) in [6.45, 7) is 0.0526. The van der Waals surface area contributed by atoms with Gasteiger partial charge in [-0.1, -0.05) is 36.6 Å². The number of nitrogens with zero attached hydrogens (tertiary/aromatic N) is 1. The molecule has 0 radical (unpaired) electrons. The highest BCUT2D eigenvalue weighted by molar-refractivity contribution is 14.1. The second-order valence-electron chi connectivity index (χ2n) is 10.2. The third-order valence-electron chi connectivity index (χ3n) is 7.51. The van der Waals surface area contributed by atoms with Crippen molar-refractivity contribution in [3.05, 3.63) is 67.8 Å². The number of carbonyl (C=O) groups is 3. The number of hydrogen-bond donors (Lipinski definition) is 3. The summed E-state index contributed by atoms with van der Waals surface area (Å²) in [4.78, 5) is 40.1. The summed E-state index contributed by atoms with van der Waals surface area (Å²) < 4.78 is 12.3. The number of aliphatic hydroxyl groups excluding tert-OH is 2. The summed E-state index contributed by atoms with van der Waals surface area (Å²) in [7, 11) is 1.45. The molecule has 0 spiro atoms. The minimum Gasteiger partial charge on any atom is -0.493 e. The first kappa shape index (κ1) is 31.3. The number of ether oxygens (including phenoxy) is 2. The molecular weight excluding hydrogens is 663 g/mol. The zero-order chi connectivity index (χ0) is 29.5. The third-order valence-corrected chi connectivity index (χ3v) is 8.56. The zero-order valence-electron chi connectivity index (χ0n) is 22.7. The van der Waals surface area contributed by atoms with Crippen molar-refractivity contribution in [1.29, 1.82) is 0 Å². The number of halogens is 2. The minimum atomic E-state index is -1.19. The minimum absolute atomic E-state index is 0.0588. The maximum Gasteiger partial charge on any atom is 0.247 e. The van der Waals surface area contributed by atoms with Gasteiger partial charge < -0.3 is 29.9 Å². The predicted molar refractivity (Wildman–Crippen MR) is 162 cm³/mol. The fourth-order valence-corrected chi connectivity index (χ4v) is 6.27. The van der Waals surface area contributed by atoms with Crippen molar-refractivity contribution < 1.29 is 34.1 Å². The van der Waals surface area contributed by atoms with E-state index in [1.807, 2.05) is 34.7 Å². The molecule has 2 aliphatic carbocycles. The van der Waals surface area contributed by atoms with Gasteiger partial charge in [0.05, 0.1) is 23.3 Å². The largest absolute Gasteiger partial charge is 0.493 e. The molecule has 2 amide bonds. The van der Waals surface area contributed by atoms with Crippen LogP contribution in [0.1, 0.15) is 48.0 Å². The van der Waals surface area contributed by atoms with Crippen LogP contribution in [0.4, 0.5) is 0 Å². The molecule has 1 saturated carbocycles. The van der Waals surface area contributed by atoms with Crippen LogP contribution in [0.15, 0.2) is 48.0 Å². The Morgan fingerprint density at radius 3 is 2.54 bits per heavy atom. The molecule has 0 bridgehead atoms. The second kappa shape index (κ2) is 14.5. The van der Waals surface area contributed by atoms with Gasteiger partial charge in [0, 0.05) is 41.6 Å². The quantitative estimate of drug-likeness (QED) is 0.241. The van der Waals surface area contributed by atoms with Crippen molar-refractivity contribution in [2.75, 3.05) is 20.3 Å². The third kappa shape index (κ3) is 7.59. The molecule has 0 heterocycles. The fraction of sp³-hybridized carbons (Fsp3) is 0.433. The monoisotopic (exact) mass is 696 g/mol. The normalized spacial score (nSPS) is 20.7. The van der Waals surface area contributed by atoms with Gasteiger partial charge >= 0.3 is 0 Å². The van der Waals surface area contributed by atoms with Crippen molar-refractivity contribution in [3.8, 4) is 11.5 Å². The first-order valence-corrected chi connectivity index (χ1v) is 15.0. The van der Waals surface area contributed by atoms with Gasteiger partial charge in [0.25, 0.3) is 0 Å². The first-order valence-electron chi connectivity index (χ1n) is 13.6. The summed E-state index contributed by atoms with van der Waals surface area (Å²) in [5, 5.41) is 24.2. The predicted octanol–water partition coefficient (Wildman–Crippen LogP) is 3.90. The lowest BCUT2D eigenvalue weighted by molar-refractivity contribution is -0.143. The van der Waals surface area contributed by atoms with Gasteiger partial charge in [0.15, 0.2) is 11.5 Å². The molecule has 4 rings (SSSR count). The maximum atomic E-state index is 13.9. The summed E-state index contributed by atoms with van der Waals surface area (Å²) in [5.74, 6) is -0.0420. The highest BCUT2D eigenvalue weighted by Gasteiger charge is 2.42. The number of carbonyl (C=O) groups excluding carboxylic acids is 3. The molecule has 1 fully saturated rings. The van der Waals surface area contributed by atoms with E-state index < -0.39 is 24.2 Å². The van der Waals surface area contributed by atoms with E-state index in [2.05, 4.69) is 5.32 Å². The van der Waals surface area contributed by atoms with Gasteiger partial charge in [0.2, 0.25) is 11.8 Å². The number of methoxy groups -OCH3 is 1. The standard InChI is InChI=1S/C30H34ClIN2O7/c1-40-26-13-19(17-36)12-23(32)28(26)41-25-15-21(29(38)33-10-11-35)14-24(27(25)37)34(30(39)20-4-2-3-5-20)16-18-6-8-22(31)9-7-18/h6-9,12-13,15,17,20,24-25,27,35,37H,2-5,10-11,14,16H2,1H3,(H,33,38). The van der Waals surface area contributed by atoms with E-state index in [1.165, 1.54) is 13.2 Å². The van der Waals surface area contributed by atoms with Crippen LogP contribution in [0.2, 0.25) is 5.02 Å². The lowest BCUT2D eigenvalue weighted by Gasteiger charge is -2.41. The number of aliphatic hydroxyl groups is 2. The Kier molecular flexibility index (Phi) is 11.0. The molecule has 3 N–H and O–H groups in total. The van der Waals surface area contributed by atoms with Crippen LogP contribution in [0, 0.1) is 9.49 Å². The highest BCUT2D eigenvalue weighted by atomic mass is 127. The molecule has 3 atom stereocenters. The van der Waals surface area contributed by atoms with Crippen molar-refractivity contribution in [1.82, 2.24) is 10.2 Å². The van der Waals surface area contributed by atoms with Gasteiger partial charge in [-0.2, -0.15) is 0 Å². The lowest BCUT2D eigenvalue weighted by Crippen LogP contribution is -2.55. The van der Waals surface area contributed by atoms with E-state index in [-0.39, 0.29) is 37.9 Å². The number of nitrogens with one attached hydrogen (secondary N) is 1. The number of aldehydes is 1. The maximum absolute atomic E-state index is 13.9. The number of hydrogen-bond acceptors (Lipinski definition) is 7. The molecule has 2 aliphatic rings. The smallest absolute Gasteiger partial charge is 0.247 e. The highest BCUT2D eigenvalue weighted by Crippen LogP contribution is 2.38. The summed E-state index contributed by atoms with van der Waals surface area (Å²) >= 11 is 8.12. The van der Waals surface area contributed by atoms with E-state index in [0.717, 1.165) is 31.2 Å². The van der Waals surface area contributed by atoms with E-state index in [0.29, 0.717) is 37.5 Å². The van der Waals surface area contributed by atoms with Crippen LogP contribution in [-0.2, 0) is 16.1 Å². The van der Waals surface area contributed by atoms with Crippen LogP contribution in [-0.4, -0.2) is 71.7 Å². The van der Waals surface area contributed by atoms with Crippen molar-refractivity contribution in [3.63, 3.8) is 0 Å². The van der Waals surface area contributed by atoms with Gasteiger partial charge in [-0.3, -0.25) is 14.4 Å². The molecule has 0 saturated heterocycles. The van der Waals surface area contributed by atoms with Gasteiger partial charge in [-0.25, -0.2) is 0 Å². The van der Waals surface area contributed by atoms with Crippen LogP contribution >= 0.6 is 34.2 Å². The van der Waals surface area contributed by atoms with Gasteiger partial charge in [-0.15, -0.1) is 0 Å². The average molecular weight is 697 g/mol. The van der Waals surface area contributed by atoms with Crippen molar-refractivity contribution in [2.45, 2.75) is 56.9 Å². The van der Waals surface area contributed by atoms with Crippen molar-refractivity contribution >= 4 is 52.3 Å². The number of rotatable bonds is 11. The topological polar surface area (TPSA) is 125 Å². The molecule has 9 nitrogen and oxygen atoms in total. The van der Waals surface area contributed by atoms with Gasteiger partial charge in [-0.05, 0) is 71.3 Å². The number of amides is 2. The van der Waals surface area contributed by atoms with Crippen LogP contribution in [0.3, 0.4) is 0 Å². The molecule has 3 unspecified atom stereocenters. The molecule has 41 heavy (non-hydrogen) atoms. The summed E-state index contributed by atoms with van der Waals surface area (Å²) in [6, 6.07) is 9.58. The second-order valence-corrected chi connectivity index (χ2v) is 11.8. The SMILES string of the molecule is COc1cc(C=O)cc(I)c1OC1C=C(C(=O)NCCO)CC(N(Cc2ccc(Cl)cc2)C(=O)C2CCCC2)C1O. The van der Waals surface area contributed by atoms with Crippen LogP contribution in [0.5, 0.6) is 11.5 Å². The Balaban J connectivity index is 1.73. The molecular formula is C30H34ClIN2O7. The first-order chi connectivity index (χ1) is 19.7. The van der Waals surface area contributed by atoms with E-state index in [1.54, 1.807) is 29.2 Å². The Morgan fingerprint density at radius 2 is 1.90 bits per heavy atom. The fourth-order valence-electron chi connectivity index (χ4n) is 5.39. The average Bonchev–Trinajstić information content (AvgIpc) is 3.52. The summed E-state index contributed by atoms with van der Waals surface area (Å²) in [6.07, 6.45) is 3.63. The molecule has 2 aromatic rings. The van der Waals surface area contributed by atoms with Crippen LogP contribution in [0.25, 0.3) is 0 Å². The van der Waals surface area contributed by atoms with E-state index in [9.17, 15) is 24.6 Å². The molecule has 11 heteroatoms. The van der Waals surface area contributed by atoms with Crippen molar-refractivity contribution in [2.24, 2.45) is 5.92 Å². The Labute approximate surface area is 258 Å². The zero-order valence-corrected chi connectivity index (χ0v) is 25.6. The Hall–Kier alpha value is -2.67. The van der Waals surface area contributed by atoms with Gasteiger partial charge in [0.1, 0.15) is 18.5 Å². The van der Waals surface area contributed by atoms with Crippen LogP contribution < -0.4 is 14.8 Å². The Bertz CT molecular complexity index is 1280. The molecule has 0 aromatic heterocycles. The lowest BCUT2D eigenvalue weighted by atomic mass is 9.87. The molecule has 0 aliphatic heterocycles. The molecule has 2 aromatic carbocycles. The Morgan fingerprint density at radius 1 is 1.20 bits per heavy atom. The van der Waals surface area contributed by atoms with E-state index in [4.69, 9.17) is 21.1 Å². The summed E-state index contributed by atoms with van der Waals surface area (Å²) in [5.41, 5.74) is 1.57.